The van der Waals surface area contributed by atoms with Crippen LogP contribution in [-0.4, -0.2) is 13.0 Å². The predicted molar refractivity (Wildman–Crippen MR) is 90.1 cm³/mol. The van der Waals surface area contributed by atoms with Gasteiger partial charge in [-0.2, -0.15) is 8.42 Å². The van der Waals surface area contributed by atoms with E-state index < -0.39 is 10.1 Å². The summed E-state index contributed by atoms with van der Waals surface area (Å²) >= 11 is 0. The number of unbranched alkanes of at least 4 members (excludes halogenated alkanes) is 3. The summed E-state index contributed by atoms with van der Waals surface area (Å²) in [6.07, 6.45) is 5.09. The summed E-state index contributed by atoms with van der Waals surface area (Å²) in [6, 6.07) is 10.2. The van der Waals surface area contributed by atoms with Crippen LogP contribution in [0.3, 0.4) is 0 Å². The molecule has 1 N–H and O–H groups in total. The van der Waals surface area contributed by atoms with Crippen LogP contribution in [0.15, 0.2) is 47.4 Å². The third-order valence-electron chi connectivity index (χ3n) is 3.69. The van der Waals surface area contributed by atoms with Gasteiger partial charge in [0.05, 0.1) is 4.90 Å². The fourth-order valence-electron chi connectivity index (χ4n) is 2.37. The molecule has 130 valence electrons. The molecule has 0 heterocycles. The molecule has 0 aromatic heterocycles. The Kier molecular flexibility index (Phi) is 9.65. The van der Waals surface area contributed by atoms with Crippen LogP contribution >= 0.6 is 0 Å². The van der Waals surface area contributed by atoms with Crippen molar-refractivity contribution in [1.82, 2.24) is 0 Å². The van der Waals surface area contributed by atoms with Crippen LogP contribution in [0.4, 0.5) is 0 Å². The minimum absolute atomic E-state index is 0. The average molecular weight is 389 g/mol. The van der Waals surface area contributed by atoms with E-state index in [-0.39, 0.29) is 62.0 Å². The second kappa shape index (κ2) is 10.7. The quantitative estimate of drug-likeness (QED) is 0.413. The molecule has 0 amide bonds. The number of benzene rings is 2. The number of hydrogen-bond donors (Lipinski definition) is 1. The summed E-state index contributed by atoms with van der Waals surface area (Å²) in [5, 5.41) is 11.9. The van der Waals surface area contributed by atoms with E-state index in [4.69, 9.17) is 9.29 Å². The Hall–Kier alpha value is -0.414. The summed E-state index contributed by atoms with van der Waals surface area (Å²) in [7, 11) is -4.22. The monoisotopic (exact) mass is 388 g/mol. The fourth-order valence-corrected chi connectivity index (χ4v) is 2.85. The van der Waals surface area contributed by atoms with E-state index in [2.05, 4.69) is 6.92 Å². The van der Waals surface area contributed by atoms with Crippen molar-refractivity contribution in [3.05, 3.63) is 48.0 Å². The van der Waals surface area contributed by atoms with E-state index in [9.17, 15) is 13.5 Å². The first-order valence-electron chi connectivity index (χ1n) is 7.95. The molecule has 2 aromatic carbocycles. The van der Waals surface area contributed by atoms with Gasteiger partial charge < -0.3 is 9.84 Å². The van der Waals surface area contributed by atoms with Crippen LogP contribution in [0.1, 0.15) is 38.2 Å². The standard InChI is InChI=1S/C18H22O5S.K/c1-2-3-4-5-6-14-13-16(9-12-18(14)19)23-15-7-10-17(11-8-15)24(20,21)22;/h7-13,19H,2-6H2,1H3,(H,20,21,22);/q;+1/p-1. The molecule has 0 radical (unpaired) electrons. The van der Waals surface area contributed by atoms with Crippen LogP contribution in [-0.2, 0) is 16.5 Å². The van der Waals surface area contributed by atoms with E-state index in [1.165, 1.54) is 30.3 Å². The zero-order valence-corrected chi connectivity index (χ0v) is 18.5. The molecule has 0 aliphatic heterocycles. The first kappa shape index (κ1) is 22.6. The molecular weight excluding hydrogens is 367 g/mol. The van der Waals surface area contributed by atoms with E-state index >= 15 is 0 Å². The fraction of sp³-hybridized carbons (Fsp3) is 0.333. The van der Waals surface area contributed by atoms with Crippen molar-refractivity contribution in [3.8, 4) is 17.2 Å². The van der Waals surface area contributed by atoms with E-state index in [0.29, 0.717) is 11.5 Å². The topological polar surface area (TPSA) is 86.7 Å². The summed E-state index contributed by atoms with van der Waals surface area (Å²) < 4.78 is 36.6. The van der Waals surface area contributed by atoms with Gasteiger partial charge in [-0.3, -0.25) is 4.55 Å². The number of rotatable bonds is 8. The Morgan fingerprint density at radius 1 is 1.00 bits per heavy atom. The Balaban J connectivity index is 0.00000312. The summed E-state index contributed by atoms with van der Waals surface area (Å²) in [5.41, 5.74) is 0.721. The Morgan fingerprint density at radius 3 is 2.24 bits per heavy atom. The zero-order valence-electron chi connectivity index (χ0n) is 14.6. The Bertz CT molecular complexity index is 773. The summed E-state index contributed by atoms with van der Waals surface area (Å²) in [6.45, 7) is 2.14. The number of hydrogen-bond acceptors (Lipinski definition) is 4. The molecule has 0 saturated carbocycles. The minimum Gasteiger partial charge on any atom is -0.872 e. The molecule has 0 bridgehead atoms. The van der Waals surface area contributed by atoms with Gasteiger partial charge in [-0.15, -0.1) is 5.75 Å². The maximum Gasteiger partial charge on any atom is 1.00 e. The molecular formula is C18H21KO5S. The first-order chi connectivity index (χ1) is 11.4. The molecule has 0 spiro atoms. The molecule has 7 heteroatoms. The van der Waals surface area contributed by atoms with Gasteiger partial charge in [-0.05, 0) is 49.2 Å². The molecule has 0 aliphatic carbocycles. The molecule has 0 atom stereocenters. The van der Waals surface area contributed by atoms with Gasteiger partial charge in [0.1, 0.15) is 11.5 Å². The van der Waals surface area contributed by atoms with Crippen LogP contribution < -0.4 is 61.2 Å². The third-order valence-corrected chi connectivity index (χ3v) is 4.56. The van der Waals surface area contributed by atoms with Gasteiger partial charge >= 0.3 is 51.4 Å². The van der Waals surface area contributed by atoms with Crippen LogP contribution in [0, 0.1) is 0 Å². The van der Waals surface area contributed by atoms with Crippen LogP contribution in [0.5, 0.6) is 17.2 Å². The van der Waals surface area contributed by atoms with Crippen molar-refractivity contribution >= 4 is 10.1 Å². The molecule has 0 aliphatic rings. The largest absolute Gasteiger partial charge is 1.00 e. The van der Waals surface area contributed by atoms with Gasteiger partial charge in [0.2, 0.25) is 0 Å². The summed E-state index contributed by atoms with van der Waals surface area (Å²) in [4.78, 5) is -0.193. The normalized spacial score (nSPS) is 11.0. The molecule has 2 aromatic rings. The maximum atomic E-state index is 11.9. The molecule has 0 unspecified atom stereocenters. The third kappa shape index (κ3) is 7.38. The van der Waals surface area contributed by atoms with E-state index in [0.717, 1.165) is 37.7 Å². The maximum absolute atomic E-state index is 11.9. The molecule has 0 fully saturated rings. The minimum atomic E-state index is -4.22. The van der Waals surface area contributed by atoms with Gasteiger partial charge in [0.25, 0.3) is 10.1 Å². The second-order valence-corrected chi connectivity index (χ2v) is 7.05. The molecule has 2 rings (SSSR count). The second-order valence-electron chi connectivity index (χ2n) is 5.63. The van der Waals surface area contributed by atoms with Crippen molar-refractivity contribution in [1.29, 1.82) is 0 Å². The zero-order chi connectivity index (χ0) is 17.6. The molecule has 5 nitrogen and oxygen atoms in total. The van der Waals surface area contributed by atoms with Crippen molar-refractivity contribution < 1.29 is 74.2 Å². The van der Waals surface area contributed by atoms with Crippen molar-refractivity contribution in [2.24, 2.45) is 0 Å². The molecule has 0 saturated heterocycles. The number of ether oxygens (including phenoxy) is 1. The predicted octanol–water partition coefficient (Wildman–Crippen LogP) is 0.926. The Labute approximate surface area is 191 Å². The SMILES string of the molecule is CCCCCCc1cc(Oc2ccc(S(=O)(=O)O)cc2)ccc1[O-].[K+]. The first-order valence-corrected chi connectivity index (χ1v) is 9.39. The number of aryl methyl sites for hydroxylation is 1. The van der Waals surface area contributed by atoms with Gasteiger partial charge in [0, 0.05) is 0 Å². The molecule has 25 heavy (non-hydrogen) atoms. The van der Waals surface area contributed by atoms with Crippen LogP contribution in [0.25, 0.3) is 0 Å². The van der Waals surface area contributed by atoms with Crippen molar-refractivity contribution in [3.63, 3.8) is 0 Å². The van der Waals surface area contributed by atoms with Crippen LogP contribution in [0.2, 0.25) is 0 Å². The van der Waals surface area contributed by atoms with Crippen molar-refractivity contribution in [2.45, 2.75) is 43.9 Å². The summed E-state index contributed by atoms with van der Waals surface area (Å²) in [5.74, 6) is 0.957. The van der Waals surface area contributed by atoms with Gasteiger partial charge in [-0.25, -0.2) is 0 Å². The van der Waals surface area contributed by atoms with E-state index in [1.807, 2.05) is 0 Å². The van der Waals surface area contributed by atoms with E-state index in [1.54, 1.807) is 12.1 Å². The Morgan fingerprint density at radius 2 is 1.64 bits per heavy atom. The van der Waals surface area contributed by atoms with Crippen molar-refractivity contribution in [2.75, 3.05) is 0 Å². The smallest absolute Gasteiger partial charge is 0.872 e. The van der Waals surface area contributed by atoms with Gasteiger partial charge in [-0.1, -0.05) is 37.8 Å². The average Bonchev–Trinajstić information content (AvgIpc) is 2.54. The van der Waals surface area contributed by atoms with Gasteiger partial charge in [0.15, 0.2) is 0 Å².